The Kier molecular flexibility index (Phi) is 3.56. The summed E-state index contributed by atoms with van der Waals surface area (Å²) in [5.41, 5.74) is 0.425. The SMILES string of the molecule is COCCNCC1(Cc2ncnn2C)CC1. The van der Waals surface area contributed by atoms with Crippen molar-refractivity contribution in [2.75, 3.05) is 26.8 Å². The number of methoxy groups -OCH3 is 1. The van der Waals surface area contributed by atoms with Gasteiger partial charge in [-0.05, 0) is 18.3 Å². The van der Waals surface area contributed by atoms with E-state index in [0.717, 1.165) is 31.9 Å². The van der Waals surface area contributed by atoms with Crippen molar-refractivity contribution in [2.24, 2.45) is 12.5 Å². The first-order chi connectivity index (χ1) is 7.76. The number of rotatable bonds is 7. The van der Waals surface area contributed by atoms with Gasteiger partial charge < -0.3 is 10.1 Å². The van der Waals surface area contributed by atoms with Crippen LogP contribution >= 0.6 is 0 Å². The molecule has 2 rings (SSSR count). The van der Waals surface area contributed by atoms with Gasteiger partial charge in [-0.15, -0.1) is 0 Å². The van der Waals surface area contributed by atoms with Crippen molar-refractivity contribution in [3.05, 3.63) is 12.2 Å². The van der Waals surface area contributed by atoms with E-state index < -0.39 is 0 Å². The Morgan fingerprint density at radius 3 is 2.94 bits per heavy atom. The number of aromatic nitrogens is 3. The Balaban J connectivity index is 1.78. The lowest BCUT2D eigenvalue weighted by atomic mass is 10.0. The fourth-order valence-corrected chi connectivity index (χ4v) is 1.94. The second-order valence-electron chi connectivity index (χ2n) is 4.65. The van der Waals surface area contributed by atoms with Crippen molar-refractivity contribution in [3.8, 4) is 0 Å². The first-order valence-corrected chi connectivity index (χ1v) is 5.78. The van der Waals surface area contributed by atoms with Gasteiger partial charge in [0.1, 0.15) is 12.2 Å². The molecule has 1 aliphatic carbocycles. The summed E-state index contributed by atoms with van der Waals surface area (Å²) in [4.78, 5) is 4.28. The van der Waals surface area contributed by atoms with Gasteiger partial charge in [0.15, 0.2) is 0 Å². The van der Waals surface area contributed by atoms with Gasteiger partial charge in [-0.25, -0.2) is 4.98 Å². The lowest BCUT2D eigenvalue weighted by Crippen LogP contribution is -2.29. The van der Waals surface area contributed by atoms with Crippen LogP contribution in [0.4, 0.5) is 0 Å². The molecule has 1 aromatic rings. The Hall–Kier alpha value is -0.940. The zero-order valence-corrected chi connectivity index (χ0v) is 10.1. The largest absolute Gasteiger partial charge is 0.383 e. The van der Waals surface area contributed by atoms with Crippen LogP contribution in [0.2, 0.25) is 0 Å². The van der Waals surface area contributed by atoms with Crippen LogP contribution in [-0.4, -0.2) is 41.6 Å². The lowest BCUT2D eigenvalue weighted by Gasteiger charge is -2.15. The van der Waals surface area contributed by atoms with Crippen molar-refractivity contribution in [1.82, 2.24) is 20.1 Å². The molecule has 5 nitrogen and oxygen atoms in total. The number of nitrogens with zero attached hydrogens (tertiary/aromatic N) is 3. The topological polar surface area (TPSA) is 52.0 Å². The molecule has 1 heterocycles. The summed E-state index contributed by atoms with van der Waals surface area (Å²) in [6, 6.07) is 0. The summed E-state index contributed by atoms with van der Waals surface area (Å²) in [6.45, 7) is 2.76. The number of hydrogen-bond donors (Lipinski definition) is 1. The average Bonchev–Trinajstić information content (AvgIpc) is 2.93. The van der Waals surface area contributed by atoms with E-state index in [1.165, 1.54) is 12.8 Å². The second-order valence-corrected chi connectivity index (χ2v) is 4.65. The molecule has 1 aliphatic rings. The van der Waals surface area contributed by atoms with Gasteiger partial charge in [-0.2, -0.15) is 5.10 Å². The highest BCUT2D eigenvalue weighted by atomic mass is 16.5. The van der Waals surface area contributed by atoms with Gasteiger partial charge in [0.2, 0.25) is 0 Å². The third kappa shape index (κ3) is 2.80. The number of ether oxygens (including phenoxy) is 1. The smallest absolute Gasteiger partial charge is 0.138 e. The quantitative estimate of drug-likeness (QED) is 0.680. The van der Waals surface area contributed by atoms with E-state index in [2.05, 4.69) is 15.4 Å². The average molecular weight is 224 g/mol. The maximum atomic E-state index is 5.01. The molecule has 1 N–H and O–H groups in total. The van der Waals surface area contributed by atoms with Gasteiger partial charge in [-0.1, -0.05) is 0 Å². The first kappa shape index (κ1) is 11.5. The van der Waals surface area contributed by atoms with Crippen LogP contribution < -0.4 is 5.32 Å². The van der Waals surface area contributed by atoms with E-state index in [1.54, 1.807) is 13.4 Å². The molecule has 0 saturated heterocycles. The van der Waals surface area contributed by atoms with Crippen LogP contribution in [0.3, 0.4) is 0 Å². The molecule has 1 fully saturated rings. The predicted molar refractivity (Wildman–Crippen MR) is 61.1 cm³/mol. The fourth-order valence-electron chi connectivity index (χ4n) is 1.94. The highest BCUT2D eigenvalue weighted by Gasteiger charge is 2.43. The van der Waals surface area contributed by atoms with E-state index in [0.29, 0.717) is 5.41 Å². The highest BCUT2D eigenvalue weighted by Crippen LogP contribution is 2.47. The molecular weight excluding hydrogens is 204 g/mol. The molecule has 0 aromatic carbocycles. The molecule has 0 radical (unpaired) electrons. The van der Waals surface area contributed by atoms with E-state index in [9.17, 15) is 0 Å². The van der Waals surface area contributed by atoms with Crippen LogP contribution in [0.15, 0.2) is 6.33 Å². The summed E-state index contributed by atoms with van der Waals surface area (Å²) in [6.07, 6.45) is 5.24. The van der Waals surface area contributed by atoms with Crippen molar-refractivity contribution in [3.63, 3.8) is 0 Å². The van der Waals surface area contributed by atoms with Gasteiger partial charge in [0.25, 0.3) is 0 Å². The predicted octanol–water partition coefficient (Wildman–Crippen LogP) is 0.374. The standard InChI is InChI=1S/C11H20N4O/c1-15-10(13-9-14-15)7-11(3-4-11)8-12-5-6-16-2/h9,12H,3-8H2,1-2H3. The van der Waals surface area contributed by atoms with Crippen molar-refractivity contribution >= 4 is 0 Å². The first-order valence-electron chi connectivity index (χ1n) is 5.78. The van der Waals surface area contributed by atoms with E-state index in [4.69, 9.17) is 4.74 Å². The molecule has 0 unspecified atom stereocenters. The Morgan fingerprint density at radius 2 is 2.38 bits per heavy atom. The highest BCUT2D eigenvalue weighted by molar-refractivity contribution is 5.02. The third-order valence-corrected chi connectivity index (χ3v) is 3.28. The van der Waals surface area contributed by atoms with Crippen LogP contribution in [0.25, 0.3) is 0 Å². The number of nitrogens with one attached hydrogen (secondary N) is 1. The van der Waals surface area contributed by atoms with Gasteiger partial charge in [-0.3, -0.25) is 4.68 Å². The normalized spacial score (nSPS) is 17.6. The van der Waals surface area contributed by atoms with Crippen LogP contribution in [0, 0.1) is 5.41 Å². The zero-order chi connectivity index (χ0) is 11.4. The molecule has 16 heavy (non-hydrogen) atoms. The number of aryl methyl sites for hydroxylation is 1. The summed E-state index contributed by atoms with van der Waals surface area (Å²) >= 11 is 0. The van der Waals surface area contributed by atoms with Crippen molar-refractivity contribution in [2.45, 2.75) is 19.3 Å². The summed E-state index contributed by atoms with van der Waals surface area (Å²) < 4.78 is 6.88. The Labute approximate surface area is 96.2 Å². The minimum Gasteiger partial charge on any atom is -0.383 e. The molecule has 1 aromatic heterocycles. The molecule has 0 aliphatic heterocycles. The van der Waals surface area contributed by atoms with Gasteiger partial charge >= 0.3 is 0 Å². The minimum absolute atomic E-state index is 0.425. The van der Waals surface area contributed by atoms with Crippen molar-refractivity contribution < 1.29 is 4.74 Å². The summed E-state index contributed by atoms with van der Waals surface area (Å²) in [5, 5.41) is 7.54. The molecule has 1 saturated carbocycles. The Morgan fingerprint density at radius 1 is 1.56 bits per heavy atom. The summed E-state index contributed by atoms with van der Waals surface area (Å²) in [7, 11) is 3.69. The molecule has 5 heteroatoms. The molecule has 90 valence electrons. The van der Waals surface area contributed by atoms with Crippen LogP contribution in [-0.2, 0) is 18.2 Å². The second kappa shape index (κ2) is 4.93. The molecule has 0 amide bonds. The molecule has 0 spiro atoms. The maximum absolute atomic E-state index is 5.01. The van der Waals surface area contributed by atoms with E-state index in [-0.39, 0.29) is 0 Å². The van der Waals surface area contributed by atoms with E-state index >= 15 is 0 Å². The van der Waals surface area contributed by atoms with E-state index in [1.807, 2.05) is 11.7 Å². The minimum atomic E-state index is 0.425. The van der Waals surface area contributed by atoms with Gasteiger partial charge in [0.05, 0.1) is 6.61 Å². The fraction of sp³-hybridized carbons (Fsp3) is 0.818. The van der Waals surface area contributed by atoms with Crippen molar-refractivity contribution in [1.29, 1.82) is 0 Å². The molecular formula is C11H20N4O. The third-order valence-electron chi connectivity index (χ3n) is 3.28. The number of hydrogen-bond acceptors (Lipinski definition) is 4. The van der Waals surface area contributed by atoms with Gasteiger partial charge in [0, 0.05) is 33.7 Å². The zero-order valence-electron chi connectivity index (χ0n) is 10.1. The van der Waals surface area contributed by atoms with Crippen LogP contribution in [0.5, 0.6) is 0 Å². The monoisotopic (exact) mass is 224 g/mol. The summed E-state index contributed by atoms with van der Waals surface area (Å²) in [5.74, 6) is 1.09. The molecule has 0 atom stereocenters. The van der Waals surface area contributed by atoms with Crippen LogP contribution in [0.1, 0.15) is 18.7 Å². The Bertz CT molecular complexity index is 332. The lowest BCUT2D eigenvalue weighted by molar-refractivity contribution is 0.197. The maximum Gasteiger partial charge on any atom is 0.138 e. The molecule has 0 bridgehead atoms.